The monoisotopic (exact) mass is 357 g/mol. The maximum Gasteiger partial charge on any atom is 0.255 e. The normalized spacial score (nSPS) is 22.9. The number of aromatic nitrogens is 1. The molecule has 4 heterocycles. The highest BCUT2D eigenvalue weighted by molar-refractivity contribution is 5.95. The number of pyridine rings is 1. The SMILES string of the molecule is CNC(=O)C1CC(=O)N(C2CN(C(=O)c3ccc(N4CCC4)nc3)C2)C1. The molecular formula is C18H23N5O3. The second-order valence-electron chi connectivity index (χ2n) is 7.17. The molecule has 3 fully saturated rings. The van der Waals surface area contributed by atoms with Crippen LogP contribution in [0.5, 0.6) is 0 Å². The van der Waals surface area contributed by atoms with Gasteiger partial charge in [0.1, 0.15) is 5.82 Å². The Morgan fingerprint density at radius 1 is 1.19 bits per heavy atom. The lowest BCUT2D eigenvalue weighted by Gasteiger charge is -2.44. The van der Waals surface area contributed by atoms with Crippen molar-refractivity contribution in [3.63, 3.8) is 0 Å². The number of anilines is 1. The summed E-state index contributed by atoms with van der Waals surface area (Å²) < 4.78 is 0. The highest BCUT2D eigenvalue weighted by Gasteiger charge is 2.43. The zero-order valence-electron chi connectivity index (χ0n) is 14.9. The molecule has 1 atom stereocenters. The van der Waals surface area contributed by atoms with E-state index in [0.29, 0.717) is 25.2 Å². The zero-order chi connectivity index (χ0) is 18.3. The summed E-state index contributed by atoms with van der Waals surface area (Å²) in [5.74, 6) is 0.476. The van der Waals surface area contributed by atoms with Gasteiger partial charge in [0.2, 0.25) is 11.8 Å². The van der Waals surface area contributed by atoms with E-state index < -0.39 is 0 Å². The van der Waals surface area contributed by atoms with E-state index in [4.69, 9.17) is 0 Å². The largest absolute Gasteiger partial charge is 0.359 e. The molecule has 3 aliphatic rings. The quantitative estimate of drug-likeness (QED) is 0.800. The minimum Gasteiger partial charge on any atom is -0.359 e. The van der Waals surface area contributed by atoms with Gasteiger partial charge in [0, 0.05) is 52.4 Å². The summed E-state index contributed by atoms with van der Waals surface area (Å²) in [6.07, 6.45) is 3.07. The Kier molecular flexibility index (Phi) is 4.26. The molecule has 4 rings (SSSR count). The van der Waals surface area contributed by atoms with Crippen LogP contribution in [-0.4, -0.2) is 78.3 Å². The summed E-state index contributed by atoms with van der Waals surface area (Å²) in [5.41, 5.74) is 0.573. The predicted molar refractivity (Wildman–Crippen MR) is 94.6 cm³/mol. The van der Waals surface area contributed by atoms with Crippen molar-refractivity contribution in [1.29, 1.82) is 0 Å². The highest BCUT2D eigenvalue weighted by atomic mass is 16.2. The maximum absolute atomic E-state index is 12.6. The number of hydrogen-bond acceptors (Lipinski definition) is 5. The van der Waals surface area contributed by atoms with Crippen LogP contribution in [0.2, 0.25) is 0 Å². The Labute approximate surface area is 152 Å². The van der Waals surface area contributed by atoms with Crippen LogP contribution in [0.3, 0.4) is 0 Å². The summed E-state index contributed by atoms with van der Waals surface area (Å²) in [7, 11) is 1.58. The second-order valence-corrected chi connectivity index (χ2v) is 7.17. The van der Waals surface area contributed by atoms with Crippen LogP contribution in [-0.2, 0) is 9.59 Å². The first-order valence-corrected chi connectivity index (χ1v) is 9.08. The van der Waals surface area contributed by atoms with Crippen molar-refractivity contribution in [3.8, 4) is 0 Å². The lowest BCUT2D eigenvalue weighted by Crippen LogP contribution is -2.61. The molecule has 8 nitrogen and oxygen atoms in total. The minimum absolute atomic E-state index is 0.00346. The number of nitrogens with zero attached hydrogens (tertiary/aromatic N) is 4. The van der Waals surface area contributed by atoms with Crippen LogP contribution >= 0.6 is 0 Å². The molecule has 1 unspecified atom stereocenters. The first kappa shape index (κ1) is 16.8. The molecule has 26 heavy (non-hydrogen) atoms. The standard InChI is InChI=1S/C18H23N5O3/c1-19-17(25)13-7-16(24)23(9-13)14-10-22(11-14)18(26)12-3-4-15(20-8-12)21-5-2-6-21/h3-4,8,13-14H,2,5-7,9-11H2,1H3,(H,19,25). The molecule has 0 aromatic carbocycles. The highest BCUT2D eigenvalue weighted by Crippen LogP contribution is 2.26. The predicted octanol–water partition coefficient (Wildman–Crippen LogP) is -0.289. The number of carbonyl (C=O) groups excluding carboxylic acids is 3. The van der Waals surface area contributed by atoms with Gasteiger partial charge in [-0.25, -0.2) is 4.98 Å². The van der Waals surface area contributed by atoms with Crippen molar-refractivity contribution in [2.24, 2.45) is 5.92 Å². The lowest BCUT2D eigenvalue weighted by molar-refractivity contribution is -0.132. The smallest absolute Gasteiger partial charge is 0.255 e. The van der Waals surface area contributed by atoms with Crippen molar-refractivity contribution in [2.75, 3.05) is 44.7 Å². The Morgan fingerprint density at radius 3 is 2.54 bits per heavy atom. The van der Waals surface area contributed by atoms with E-state index in [1.165, 1.54) is 6.42 Å². The Balaban J connectivity index is 1.32. The van der Waals surface area contributed by atoms with E-state index in [9.17, 15) is 14.4 Å². The van der Waals surface area contributed by atoms with Crippen molar-refractivity contribution in [3.05, 3.63) is 23.9 Å². The maximum atomic E-state index is 12.6. The van der Waals surface area contributed by atoms with E-state index >= 15 is 0 Å². The molecule has 1 N–H and O–H groups in total. The molecule has 0 saturated carbocycles. The van der Waals surface area contributed by atoms with Crippen LogP contribution in [0, 0.1) is 5.92 Å². The topological polar surface area (TPSA) is 85.8 Å². The second kappa shape index (κ2) is 6.59. The summed E-state index contributed by atoms with van der Waals surface area (Å²) >= 11 is 0. The van der Waals surface area contributed by atoms with Crippen molar-refractivity contribution in [2.45, 2.75) is 18.9 Å². The van der Waals surface area contributed by atoms with Crippen LogP contribution in [0.25, 0.3) is 0 Å². The van der Waals surface area contributed by atoms with E-state index in [0.717, 1.165) is 18.9 Å². The van der Waals surface area contributed by atoms with Gasteiger partial charge in [-0.15, -0.1) is 0 Å². The molecule has 138 valence electrons. The molecule has 3 aliphatic heterocycles. The van der Waals surface area contributed by atoms with Gasteiger partial charge in [-0.1, -0.05) is 0 Å². The fourth-order valence-electron chi connectivity index (χ4n) is 3.71. The van der Waals surface area contributed by atoms with Gasteiger partial charge in [0.15, 0.2) is 0 Å². The number of amides is 3. The molecule has 0 spiro atoms. The number of nitrogens with one attached hydrogen (secondary N) is 1. The van der Waals surface area contributed by atoms with Crippen LogP contribution < -0.4 is 10.2 Å². The summed E-state index contributed by atoms with van der Waals surface area (Å²) in [5, 5.41) is 2.60. The lowest BCUT2D eigenvalue weighted by atomic mass is 10.1. The molecular weight excluding hydrogens is 334 g/mol. The first-order valence-electron chi connectivity index (χ1n) is 9.08. The van der Waals surface area contributed by atoms with Gasteiger partial charge in [-0.3, -0.25) is 14.4 Å². The third kappa shape index (κ3) is 2.89. The summed E-state index contributed by atoms with van der Waals surface area (Å²) in [4.78, 5) is 46.5. The van der Waals surface area contributed by atoms with Gasteiger partial charge in [0.25, 0.3) is 5.91 Å². The van der Waals surface area contributed by atoms with Gasteiger partial charge in [-0.05, 0) is 18.6 Å². The van der Waals surface area contributed by atoms with Gasteiger partial charge >= 0.3 is 0 Å². The molecule has 0 radical (unpaired) electrons. The molecule has 1 aromatic heterocycles. The van der Waals surface area contributed by atoms with Crippen LogP contribution in [0.4, 0.5) is 5.82 Å². The summed E-state index contributed by atoms with van der Waals surface area (Å²) in [6.45, 7) is 3.51. The molecule has 3 saturated heterocycles. The fourth-order valence-corrected chi connectivity index (χ4v) is 3.71. The zero-order valence-corrected chi connectivity index (χ0v) is 14.9. The average Bonchev–Trinajstić information content (AvgIpc) is 2.93. The van der Waals surface area contributed by atoms with Crippen LogP contribution in [0.15, 0.2) is 18.3 Å². The third-order valence-corrected chi connectivity index (χ3v) is 5.54. The van der Waals surface area contributed by atoms with Gasteiger partial charge in [0.05, 0.1) is 17.5 Å². The molecule has 1 aromatic rings. The Bertz CT molecular complexity index is 725. The first-order chi connectivity index (χ1) is 12.6. The summed E-state index contributed by atoms with van der Waals surface area (Å²) in [6, 6.07) is 3.72. The van der Waals surface area contributed by atoms with E-state index in [2.05, 4.69) is 15.2 Å². The molecule has 0 bridgehead atoms. The molecule has 3 amide bonds. The van der Waals surface area contributed by atoms with Crippen molar-refractivity contribution >= 4 is 23.5 Å². The van der Waals surface area contributed by atoms with Crippen LogP contribution in [0.1, 0.15) is 23.2 Å². The number of carbonyl (C=O) groups is 3. The van der Waals surface area contributed by atoms with E-state index in [-0.39, 0.29) is 36.1 Å². The number of likely N-dealkylation sites (tertiary alicyclic amines) is 2. The van der Waals surface area contributed by atoms with Gasteiger partial charge in [-0.2, -0.15) is 0 Å². The number of rotatable bonds is 4. The Morgan fingerprint density at radius 2 is 1.96 bits per heavy atom. The van der Waals surface area contributed by atoms with Crippen molar-refractivity contribution in [1.82, 2.24) is 20.1 Å². The van der Waals surface area contributed by atoms with Gasteiger partial charge < -0.3 is 20.0 Å². The third-order valence-electron chi connectivity index (χ3n) is 5.54. The number of hydrogen-bond donors (Lipinski definition) is 1. The van der Waals surface area contributed by atoms with Crippen molar-refractivity contribution < 1.29 is 14.4 Å². The van der Waals surface area contributed by atoms with E-state index in [1.807, 2.05) is 12.1 Å². The minimum atomic E-state index is -0.282. The Hall–Kier alpha value is -2.64. The molecule has 8 heteroatoms. The fraction of sp³-hybridized carbons (Fsp3) is 0.556. The average molecular weight is 357 g/mol. The van der Waals surface area contributed by atoms with E-state index in [1.54, 1.807) is 23.0 Å². The molecule has 0 aliphatic carbocycles.